The van der Waals surface area contributed by atoms with Crippen molar-refractivity contribution in [2.24, 2.45) is 5.92 Å². The Morgan fingerprint density at radius 3 is 2.21 bits per heavy atom. The summed E-state index contributed by atoms with van der Waals surface area (Å²) in [6, 6.07) is 12.3. The smallest absolute Gasteiger partial charge is 0.317 e. The molecule has 0 aliphatic heterocycles. The average Bonchev–Trinajstić information content (AvgIpc) is 2.60. The number of rotatable bonds is 7. The van der Waals surface area contributed by atoms with Gasteiger partial charge in [0.2, 0.25) is 0 Å². The number of benzene rings is 2. The van der Waals surface area contributed by atoms with E-state index in [0.717, 1.165) is 5.56 Å². The Hall–Kier alpha value is -2.69. The Labute approximate surface area is 140 Å². The fraction of sp³-hybridized carbons (Fsp3) is 0.263. The second kappa shape index (κ2) is 8.24. The summed E-state index contributed by atoms with van der Waals surface area (Å²) in [5.74, 6) is -1.68. The first-order valence-corrected chi connectivity index (χ1v) is 7.64. The molecule has 0 spiro atoms. The summed E-state index contributed by atoms with van der Waals surface area (Å²) in [6.07, 6.45) is 0.207. The quantitative estimate of drug-likeness (QED) is 0.443. The van der Waals surface area contributed by atoms with Gasteiger partial charge in [0.1, 0.15) is 17.5 Å². The molecule has 0 amide bonds. The van der Waals surface area contributed by atoms with Crippen molar-refractivity contribution in [2.45, 2.75) is 13.3 Å². The zero-order chi connectivity index (χ0) is 17.5. The molecule has 0 bridgehead atoms. The molecule has 0 aromatic heterocycles. The van der Waals surface area contributed by atoms with E-state index in [9.17, 15) is 14.0 Å². The van der Waals surface area contributed by atoms with E-state index in [2.05, 4.69) is 0 Å². The molecule has 4 nitrogen and oxygen atoms in total. The lowest BCUT2D eigenvalue weighted by molar-refractivity contribution is -0.146. The molecule has 0 saturated heterocycles. The summed E-state index contributed by atoms with van der Waals surface area (Å²) in [6.45, 7) is 1.87. The Bertz CT molecular complexity index is 692. The highest BCUT2D eigenvalue weighted by molar-refractivity contribution is 6.08. The van der Waals surface area contributed by atoms with Gasteiger partial charge < -0.3 is 9.47 Å². The van der Waals surface area contributed by atoms with Gasteiger partial charge in [0.25, 0.3) is 0 Å². The van der Waals surface area contributed by atoms with E-state index < -0.39 is 17.7 Å². The van der Waals surface area contributed by atoms with Gasteiger partial charge in [-0.3, -0.25) is 9.59 Å². The van der Waals surface area contributed by atoms with Crippen LogP contribution in [0.15, 0.2) is 48.5 Å². The van der Waals surface area contributed by atoms with Gasteiger partial charge in [-0.1, -0.05) is 12.1 Å². The lowest BCUT2D eigenvalue weighted by Crippen LogP contribution is -2.28. The van der Waals surface area contributed by atoms with E-state index in [1.807, 2.05) is 0 Å². The van der Waals surface area contributed by atoms with Crippen LogP contribution in [-0.2, 0) is 16.0 Å². The lowest BCUT2D eigenvalue weighted by Gasteiger charge is -2.15. The summed E-state index contributed by atoms with van der Waals surface area (Å²) in [4.78, 5) is 24.9. The van der Waals surface area contributed by atoms with Crippen molar-refractivity contribution in [2.75, 3.05) is 13.7 Å². The van der Waals surface area contributed by atoms with E-state index in [1.54, 1.807) is 38.3 Å². The largest absolute Gasteiger partial charge is 0.497 e. The standard InChI is InChI=1S/C19H19FO4/c1-3-24-19(22)17(12-13-4-10-16(23-2)11-5-13)18(21)14-6-8-15(20)9-7-14/h4-11,17H,3,12H2,1-2H3. The summed E-state index contributed by atoms with van der Waals surface area (Å²) < 4.78 is 23.2. The minimum Gasteiger partial charge on any atom is -0.497 e. The highest BCUT2D eigenvalue weighted by Gasteiger charge is 2.29. The molecule has 0 aliphatic rings. The van der Waals surface area contributed by atoms with Crippen molar-refractivity contribution in [3.05, 3.63) is 65.5 Å². The first-order chi connectivity index (χ1) is 11.5. The van der Waals surface area contributed by atoms with Gasteiger partial charge in [0, 0.05) is 5.56 Å². The molecule has 0 aliphatic carbocycles. The van der Waals surface area contributed by atoms with Crippen LogP contribution in [0.4, 0.5) is 4.39 Å². The van der Waals surface area contributed by atoms with Crippen LogP contribution in [0.2, 0.25) is 0 Å². The number of ether oxygens (including phenoxy) is 2. The van der Waals surface area contributed by atoms with Crippen LogP contribution in [-0.4, -0.2) is 25.5 Å². The van der Waals surface area contributed by atoms with Crippen LogP contribution in [0.25, 0.3) is 0 Å². The maximum atomic E-state index is 13.0. The SMILES string of the molecule is CCOC(=O)C(Cc1ccc(OC)cc1)C(=O)c1ccc(F)cc1. The number of carbonyl (C=O) groups excluding carboxylic acids is 2. The minimum absolute atomic E-state index is 0.189. The van der Waals surface area contributed by atoms with Crippen LogP contribution >= 0.6 is 0 Å². The molecule has 1 unspecified atom stereocenters. The molecular weight excluding hydrogens is 311 g/mol. The van der Waals surface area contributed by atoms with E-state index >= 15 is 0 Å². The predicted octanol–water partition coefficient (Wildman–Crippen LogP) is 3.44. The first-order valence-electron chi connectivity index (χ1n) is 7.64. The van der Waals surface area contributed by atoms with Gasteiger partial charge in [-0.2, -0.15) is 0 Å². The van der Waals surface area contributed by atoms with Crippen molar-refractivity contribution in [1.82, 2.24) is 0 Å². The fourth-order valence-electron chi connectivity index (χ4n) is 2.34. The summed E-state index contributed by atoms with van der Waals surface area (Å²) in [5, 5.41) is 0. The van der Waals surface area contributed by atoms with Crippen LogP contribution < -0.4 is 4.74 Å². The van der Waals surface area contributed by atoms with Gasteiger partial charge in [0.05, 0.1) is 13.7 Å². The van der Waals surface area contributed by atoms with Crippen molar-refractivity contribution in [3.8, 4) is 5.75 Å². The Balaban J connectivity index is 2.24. The number of hydrogen-bond donors (Lipinski definition) is 0. The second-order valence-corrected chi connectivity index (χ2v) is 5.23. The van der Waals surface area contributed by atoms with Gasteiger partial charge >= 0.3 is 5.97 Å². The molecule has 0 fully saturated rings. The molecule has 0 heterocycles. The molecule has 24 heavy (non-hydrogen) atoms. The second-order valence-electron chi connectivity index (χ2n) is 5.23. The normalized spacial score (nSPS) is 11.6. The van der Waals surface area contributed by atoms with E-state index in [4.69, 9.17) is 9.47 Å². The maximum Gasteiger partial charge on any atom is 0.317 e. The molecule has 5 heteroatoms. The third-order valence-corrected chi connectivity index (χ3v) is 3.62. The van der Waals surface area contributed by atoms with E-state index in [0.29, 0.717) is 5.75 Å². The third kappa shape index (κ3) is 4.41. The van der Waals surface area contributed by atoms with Gasteiger partial charge in [-0.05, 0) is 55.3 Å². The lowest BCUT2D eigenvalue weighted by atomic mass is 9.91. The number of halogens is 1. The molecule has 2 rings (SSSR count). The first kappa shape index (κ1) is 17.7. The van der Waals surface area contributed by atoms with Crippen molar-refractivity contribution < 1.29 is 23.5 Å². The average molecular weight is 330 g/mol. The molecule has 0 saturated carbocycles. The number of methoxy groups -OCH3 is 1. The third-order valence-electron chi connectivity index (χ3n) is 3.62. The number of Topliss-reactive ketones (excluding diaryl/α,β-unsaturated/α-hetero) is 1. The summed E-state index contributed by atoms with van der Waals surface area (Å²) in [7, 11) is 1.56. The Morgan fingerprint density at radius 2 is 1.67 bits per heavy atom. The summed E-state index contributed by atoms with van der Waals surface area (Å²) >= 11 is 0. The molecule has 0 N–H and O–H groups in total. The zero-order valence-electron chi connectivity index (χ0n) is 13.6. The number of ketones is 1. The molecule has 2 aromatic carbocycles. The maximum absolute atomic E-state index is 13.0. The van der Waals surface area contributed by atoms with Crippen LogP contribution in [0.3, 0.4) is 0 Å². The van der Waals surface area contributed by atoms with Crippen molar-refractivity contribution >= 4 is 11.8 Å². The van der Waals surface area contributed by atoms with Crippen LogP contribution in [0.5, 0.6) is 5.75 Å². The van der Waals surface area contributed by atoms with Crippen molar-refractivity contribution in [3.63, 3.8) is 0 Å². The summed E-state index contributed by atoms with van der Waals surface area (Å²) in [5.41, 5.74) is 1.09. The van der Waals surface area contributed by atoms with Crippen molar-refractivity contribution in [1.29, 1.82) is 0 Å². The Kier molecular flexibility index (Phi) is 6.07. The molecule has 1 atom stereocenters. The fourth-order valence-corrected chi connectivity index (χ4v) is 2.34. The van der Waals surface area contributed by atoms with Gasteiger partial charge in [-0.25, -0.2) is 4.39 Å². The number of hydrogen-bond acceptors (Lipinski definition) is 4. The molecular formula is C19H19FO4. The number of carbonyl (C=O) groups is 2. The van der Waals surface area contributed by atoms with Gasteiger partial charge in [0.15, 0.2) is 5.78 Å². The zero-order valence-corrected chi connectivity index (χ0v) is 13.6. The van der Waals surface area contributed by atoms with Crippen LogP contribution in [0, 0.1) is 11.7 Å². The highest BCUT2D eigenvalue weighted by atomic mass is 19.1. The molecule has 2 aromatic rings. The van der Waals surface area contributed by atoms with Gasteiger partial charge in [-0.15, -0.1) is 0 Å². The predicted molar refractivity (Wildman–Crippen MR) is 87.6 cm³/mol. The van der Waals surface area contributed by atoms with E-state index in [1.165, 1.54) is 24.3 Å². The van der Waals surface area contributed by atoms with E-state index in [-0.39, 0.29) is 24.4 Å². The monoisotopic (exact) mass is 330 g/mol. The topological polar surface area (TPSA) is 52.6 Å². The highest BCUT2D eigenvalue weighted by Crippen LogP contribution is 2.19. The van der Waals surface area contributed by atoms with Crippen LogP contribution in [0.1, 0.15) is 22.8 Å². The molecule has 0 radical (unpaired) electrons. The minimum atomic E-state index is -0.969. The molecule has 126 valence electrons. The number of esters is 1. The Morgan fingerprint density at radius 1 is 1.04 bits per heavy atom.